The van der Waals surface area contributed by atoms with Crippen LogP contribution in [-0.2, 0) is 6.18 Å². The van der Waals surface area contributed by atoms with Crippen molar-refractivity contribution in [2.75, 3.05) is 18.5 Å². The van der Waals surface area contributed by atoms with E-state index in [1.807, 2.05) is 6.07 Å². The topological polar surface area (TPSA) is 69.2 Å². The predicted molar refractivity (Wildman–Crippen MR) is 91.0 cm³/mol. The minimum Gasteiger partial charge on any atom is -0.486 e. The maximum Gasteiger partial charge on any atom is 0.433 e. The van der Waals surface area contributed by atoms with Crippen LogP contribution < -0.4 is 14.8 Å². The van der Waals surface area contributed by atoms with Crippen molar-refractivity contribution in [3.8, 4) is 22.8 Å². The first-order valence-electron chi connectivity index (χ1n) is 8.02. The first-order chi connectivity index (χ1) is 13.0. The summed E-state index contributed by atoms with van der Waals surface area (Å²) in [6.45, 7) is 0.964. The van der Waals surface area contributed by atoms with Gasteiger partial charge in [0.15, 0.2) is 11.5 Å². The van der Waals surface area contributed by atoms with Crippen molar-refractivity contribution >= 4 is 11.6 Å². The summed E-state index contributed by atoms with van der Waals surface area (Å²) in [6.07, 6.45) is -3.19. The molecule has 1 aliphatic heterocycles. The zero-order valence-corrected chi connectivity index (χ0v) is 13.8. The number of aromatic nitrogens is 3. The number of halogens is 3. The van der Waals surface area contributed by atoms with E-state index in [-0.39, 0.29) is 5.82 Å². The highest BCUT2D eigenvalue weighted by molar-refractivity contribution is 5.67. The van der Waals surface area contributed by atoms with Gasteiger partial charge in [0.25, 0.3) is 0 Å². The number of nitrogens with zero attached hydrogens (tertiary/aromatic N) is 3. The summed E-state index contributed by atoms with van der Waals surface area (Å²) >= 11 is 0. The first kappa shape index (κ1) is 17.1. The van der Waals surface area contributed by atoms with Gasteiger partial charge in [0.1, 0.15) is 36.9 Å². The Hall–Kier alpha value is -3.36. The molecule has 6 nitrogen and oxygen atoms in total. The molecule has 27 heavy (non-hydrogen) atoms. The minimum atomic E-state index is -4.51. The van der Waals surface area contributed by atoms with Crippen LogP contribution in [-0.4, -0.2) is 28.2 Å². The quantitative estimate of drug-likeness (QED) is 0.745. The van der Waals surface area contributed by atoms with Crippen molar-refractivity contribution in [3.63, 3.8) is 0 Å². The molecule has 0 amide bonds. The van der Waals surface area contributed by atoms with Gasteiger partial charge in [0.05, 0.1) is 5.69 Å². The lowest BCUT2D eigenvalue weighted by atomic mass is 10.1. The zero-order chi connectivity index (χ0) is 18.9. The molecule has 0 aliphatic carbocycles. The lowest BCUT2D eigenvalue weighted by Crippen LogP contribution is -2.15. The average Bonchev–Trinajstić information content (AvgIpc) is 2.67. The smallest absolute Gasteiger partial charge is 0.433 e. The minimum absolute atomic E-state index is 0.0386. The summed E-state index contributed by atoms with van der Waals surface area (Å²) in [5, 5.41) is 2.77. The second kappa shape index (κ2) is 6.75. The van der Waals surface area contributed by atoms with Gasteiger partial charge in [0, 0.05) is 11.6 Å². The van der Waals surface area contributed by atoms with Crippen molar-refractivity contribution in [1.29, 1.82) is 0 Å². The highest BCUT2D eigenvalue weighted by Gasteiger charge is 2.32. The van der Waals surface area contributed by atoms with Gasteiger partial charge in [-0.05, 0) is 30.3 Å². The third-order valence-corrected chi connectivity index (χ3v) is 3.80. The lowest BCUT2D eigenvalue weighted by Gasteiger charge is -2.18. The second-order valence-electron chi connectivity index (χ2n) is 5.68. The number of pyridine rings is 1. The molecular weight excluding hydrogens is 361 g/mol. The van der Waals surface area contributed by atoms with E-state index in [1.54, 1.807) is 18.2 Å². The Morgan fingerprint density at radius 2 is 1.70 bits per heavy atom. The number of nitrogens with one attached hydrogen (secondary N) is 1. The van der Waals surface area contributed by atoms with Gasteiger partial charge in [-0.3, -0.25) is 0 Å². The third-order valence-electron chi connectivity index (χ3n) is 3.80. The van der Waals surface area contributed by atoms with Crippen LogP contribution in [0.2, 0.25) is 0 Å². The molecule has 0 saturated carbocycles. The predicted octanol–water partition coefficient (Wildman–Crippen LogP) is 4.07. The number of benzene rings is 1. The fourth-order valence-electron chi connectivity index (χ4n) is 2.58. The van der Waals surface area contributed by atoms with Gasteiger partial charge in [-0.1, -0.05) is 6.07 Å². The van der Waals surface area contributed by atoms with Crippen LogP contribution in [0, 0.1) is 0 Å². The van der Waals surface area contributed by atoms with E-state index in [1.165, 1.54) is 18.5 Å². The molecule has 0 fully saturated rings. The molecule has 0 radical (unpaired) electrons. The first-order valence-corrected chi connectivity index (χ1v) is 8.02. The van der Waals surface area contributed by atoms with Gasteiger partial charge < -0.3 is 14.8 Å². The SMILES string of the molecule is FC(F)(F)c1cccc(Nc2cc(-c3ccc4c(c3)OCCO4)ncn2)n1. The number of hydrogen-bond donors (Lipinski definition) is 1. The van der Waals surface area contributed by atoms with Gasteiger partial charge in [0.2, 0.25) is 0 Å². The Morgan fingerprint density at radius 3 is 2.52 bits per heavy atom. The maximum atomic E-state index is 12.8. The molecule has 0 spiro atoms. The summed E-state index contributed by atoms with van der Waals surface area (Å²) in [6, 6.07) is 10.6. The summed E-state index contributed by atoms with van der Waals surface area (Å²) in [7, 11) is 0. The Morgan fingerprint density at radius 1 is 0.889 bits per heavy atom. The molecule has 0 saturated heterocycles. The Balaban J connectivity index is 1.60. The molecule has 3 aromatic rings. The van der Waals surface area contributed by atoms with Crippen molar-refractivity contribution in [2.24, 2.45) is 0 Å². The standard InChI is InChI=1S/C18H13F3N4O2/c19-18(20,21)15-2-1-3-16(24-15)25-17-9-12(22-10-23-17)11-4-5-13-14(8-11)27-7-6-26-13/h1-5,8-10H,6-7H2,(H,22,23,24,25). The Kier molecular flexibility index (Phi) is 4.27. The molecule has 1 N–H and O–H groups in total. The molecule has 1 aromatic carbocycles. The van der Waals surface area contributed by atoms with Crippen LogP contribution in [0.25, 0.3) is 11.3 Å². The number of anilines is 2. The molecule has 3 heterocycles. The van der Waals surface area contributed by atoms with E-state index in [2.05, 4.69) is 20.3 Å². The van der Waals surface area contributed by atoms with Crippen LogP contribution in [0.3, 0.4) is 0 Å². The summed E-state index contributed by atoms with van der Waals surface area (Å²) in [5.74, 6) is 1.63. The number of hydrogen-bond acceptors (Lipinski definition) is 6. The fourth-order valence-corrected chi connectivity index (χ4v) is 2.58. The third kappa shape index (κ3) is 3.76. The molecule has 4 rings (SSSR count). The van der Waals surface area contributed by atoms with E-state index in [0.717, 1.165) is 11.6 Å². The lowest BCUT2D eigenvalue weighted by molar-refractivity contribution is -0.141. The van der Waals surface area contributed by atoms with E-state index in [9.17, 15) is 13.2 Å². The molecule has 9 heteroatoms. The van der Waals surface area contributed by atoms with Crippen LogP contribution >= 0.6 is 0 Å². The van der Waals surface area contributed by atoms with E-state index in [4.69, 9.17) is 9.47 Å². The Labute approximate surface area is 152 Å². The molecule has 1 aliphatic rings. The Bertz CT molecular complexity index is 979. The van der Waals surface area contributed by atoms with Crippen LogP contribution in [0.15, 0.2) is 48.8 Å². The summed E-state index contributed by atoms with van der Waals surface area (Å²) < 4.78 is 49.4. The second-order valence-corrected chi connectivity index (χ2v) is 5.68. The van der Waals surface area contributed by atoms with E-state index < -0.39 is 11.9 Å². The van der Waals surface area contributed by atoms with Crippen LogP contribution in [0.1, 0.15) is 5.69 Å². The van der Waals surface area contributed by atoms with Crippen LogP contribution in [0.4, 0.5) is 24.8 Å². The molecule has 2 aromatic heterocycles. The van der Waals surface area contributed by atoms with Gasteiger partial charge >= 0.3 is 6.18 Å². The largest absolute Gasteiger partial charge is 0.486 e. The molecular formula is C18H13F3N4O2. The van der Waals surface area contributed by atoms with E-state index in [0.29, 0.717) is 36.2 Å². The maximum absolute atomic E-state index is 12.8. The monoisotopic (exact) mass is 374 g/mol. The average molecular weight is 374 g/mol. The summed E-state index contributed by atoms with van der Waals surface area (Å²) in [5.41, 5.74) is 0.367. The number of fused-ring (bicyclic) bond motifs is 1. The van der Waals surface area contributed by atoms with Crippen molar-refractivity contribution < 1.29 is 22.6 Å². The van der Waals surface area contributed by atoms with Crippen molar-refractivity contribution in [3.05, 3.63) is 54.5 Å². The van der Waals surface area contributed by atoms with Gasteiger partial charge in [-0.15, -0.1) is 0 Å². The number of alkyl halides is 3. The molecule has 138 valence electrons. The summed E-state index contributed by atoms with van der Waals surface area (Å²) in [4.78, 5) is 11.8. The number of rotatable bonds is 3. The highest BCUT2D eigenvalue weighted by atomic mass is 19.4. The van der Waals surface area contributed by atoms with Gasteiger partial charge in [-0.25, -0.2) is 15.0 Å². The van der Waals surface area contributed by atoms with Crippen molar-refractivity contribution in [1.82, 2.24) is 15.0 Å². The van der Waals surface area contributed by atoms with Crippen LogP contribution in [0.5, 0.6) is 11.5 Å². The van der Waals surface area contributed by atoms with Gasteiger partial charge in [-0.2, -0.15) is 13.2 Å². The number of ether oxygens (including phenoxy) is 2. The fraction of sp³-hybridized carbons (Fsp3) is 0.167. The van der Waals surface area contributed by atoms with Crippen molar-refractivity contribution in [2.45, 2.75) is 6.18 Å². The molecule has 0 bridgehead atoms. The molecule has 0 atom stereocenters. The van der Waals surface area contributed by atoms with E-state index >= 15 is 0 Å². The molecule has 0 unspecified atom stereocenters. The highest BCUT2D eigenvalue weighted by Crippen LogP contribution is 2.34. The zero-order valence-electron chi connectivity index (χ0n) is 13.8. The normalized spacial score (nSPS) is 13.3.